The normalized spacial score (nSPS) is 16.4. The number of nitrogens with zero attached hydrogens (tertiary/aromatic N) is 1. The van der Waals surface area contributed by atoms with Gasteiger partial charge in [0.25, 0.3) is 5.91 Å². The number of carbonyl (C=O) groups excluding carboxylic acids is 1. The van der Waals surface area contributed by atoms with Crippen LogP contribution in [-0.2, 0) is 21.0 Å². The molecule has 2 aromatic rings. The van der Waals surface area contributed by atoms with Gasteiger partial charge in [-0.15, -0.1) is 0 Å². The van der Waals surface area contributed by atoms with E-state index in [0.29, 0.717) is 6.54 Å². The Bertz CT molecular complexity index is 1270. The molecular weight excluding hydrogens is 580 g/mol. The number of amides is 1. The monoisotopic (exact) mass is 611 g/mol. The van der Waals surface area contributed by atoms with Gasteiger partial charge in [-0.05, 0) is 74.8 Å². The van der Waals surface area contributed by atoms with Crippen molar-refractivity contribution in [2.24, 2.45) is 0 Å². The highest BCUT2D eigenvalue weighted by Crippen LogP contribution is 2.30. The molecule has 1 atom stereocenters. The van der Waals surface area contributed by atoms with Crippen molar-refractivity contribution in [1.82, 2.24) is 9.62 Å². The number of anilines is 1. The molecule has 15 heteroatoms. The Kier molecular flexibility index (Phi) is 12.2. The van der Waals surface area contributed by atoms with E-state index in [1.54, 1.807) is 0 Å². The lowest BCUT2D eigenvalue weighted by Crippen LogP contribution is -2.47. The molecule has 0 radical (unpaired) electrons. The molecule has 228 valence electrons. The lowest BCUT2D eigenvalue weighted by Gasteiger charge is -2.33. The maximum absolute atomic E-state index is 12.9. The molecule has 1 aliphatic rings. The van der Waals surface area contributed by atoms with Crippen molar-refractivity contribution in [3.05, 3.63) is 59.7 Å². The highest BCUT2D eigenvalue weighted by molar-refractivity contribution is 7.89. The van der Waals surface area contributed by atoms with Gasteiger partial charge in [-0.25, -0.2) is 17.9 Å². The van der Waals surface area contributed by atoms with Crippen molar-refractivity contribution in [3.63, 3.8) is 0 Å². The minimum atomic E-state index is -5.08. The molecule has 1 unspecified atom stereocenters. The third kappa shape index (κ3) is 11.3. The van der Waals surface area contributed by atoms with Crippen LogP contribution in [0.4, 0.5) is 32.0 Å². The largest absolute Gasteiger partial charge is 0.490 e. The molecule has 1 heterocycles. The summed E-state index contributed by atoms with van der Waals surface area (Å²) >= 11 is 0. The fourth-order valence-electron chi connectivity index (χ4n) is 3.99. The number of sulfonamides is 1. The molecule has 41 heavy (non-hydrogen) atoms. The molecule has 0 spiro atoms. The summed E-state index contributed by atoms with van der Waals surface area (Å²) in [6.45, 7) is 4.74. The van der Waals surface area contributed by atoms with Crippen molar-refractivity contribution in [3.8, 4) is 0 Å². The summed E-state index contributed by atoms with van der Waals surface area (Å²) in [6.07, 6.45) is -4.53. The van der Waals surface area contributed by atoms with Crippen LogP contribution in [0.2, 0.25) is 0 Å². The lowest BCUT2D eigenvalue weighted by molar-refractivity contribution is -0.192. The van der Waals surface area contributed by atoms with Gasteiger partial charge in [0.15, 0.2) is 0 Å². The number of benzene rings is 2. The number of hydrogen-bond acceptors (Lipinski definition) is 5. The van der Waals surface area contributed by atoms with E-state index < -0.39 is 39.8 Å². The summed E-state index contributed by atoms with van der Waals surface area (Å²) in [4.78, 5) is 23.6. The number of piperidine rings is 1. The average molecular weight is 612 g/mol. The Labute approximate surface area is 233 Å². The number of halogens is 6. The minimum absolute atomic E-state index is 0.000945. The van der Waals surface area contributed by atoms with Crippen LogP contribution >= 0.6 is 0 Å². The van der Waals surface area contributed by atoms with Gasteiger partial charge in [0.05, 0.1) is 10.5 Å². The number of carbonyl (C=O) groups is 2. The Balaban J connectivity index is 0.000000745. The summed E-state index contributed by atoms with van der Waals surface area (Å²) in [5.41, 5.74) is -0.737. The second-order valence-electron chi connectivity index (χ2n) is 9.33. The van der Waals surface area contributed by atoms with E-state index in [1.807, 2.05) is 0 Å². The Morgan fingerprint density at radius 2 is 1.66 bits per heavy atom. The molecule has 0 aliphatic carbocycles. The van der Waals surface area contributed by atoms with Crippen molar-refractivity contribution < 1.29 is 49.5 Å². The molecule has 0 aromatic heterocycles. The van der Waals surface area contributed by atoms with Crippen LogP contribution in [0.25, 0.3) is 0 Å². The number of rotatable bonds is 9. The zero-order chi connectivity index (χ0) is 30.8. The molecule has 1 amide bonds. The summed E-state index contributed by atoms with van der Waals surface area (Å²) in [6, 6.07) is 9.47. The third-order valence-corrected chi connectivity index (χ3v) is 7.56. The molecule has 1 saturated heterocycles. The summed E-state index contributed by atoms with van der Waals surface area (Å²) in [5, 5.41) is 9.54. The first-order chi connectivity index (χ1) is 19.0. The second kappa shape index (κ2) is 14.6. The van der Waals surface area contributed by atoms with Gasteiger partial charge in [-0.1, -0.05) is 25.8 Å². The van der Waals surface area contributed by atoms with E-state index in [-0.39, 0.29) is 22.2 Å². The average Bonchev–Trinajstić information content (AvgIpc) is 2.88. The quantitative estimate of drug-likeness (QED) is 0.254. The van der Waals surface area contributed by atoms with Crippen molar-refractivity contribution in [1.29, 1.82) is 0 Å². The number of aliphatic carboxylic acids is 1. The van der Waals surface area contributed by atoms with Crippen LogP contribution in [0.15, 0.2) is 53.4 Å². The summed E-state index contributed by atoms with van der Waals surface area (Å²) in [7, 11) is -3.77. The standard InChI is InChI=1S/C24H30F3N3O3S.C2HF3O2/c1-2-3-4-14-30-15-6-9-21(17-30)29-34(32,33)22-12-10-18(11-13-22)23(31)28-20-8-5-7-19(16-20)24(25,26)27;3-2(4,5)1(6)7/h5,7-8,10-13,16,21,29H,2-4,6,9,14-15,17H2,1H3,(H,28,31);(H,6,7). The summed E-state index contributed by atoms with van der Waals surface area (Å²) in [5.74, 6) is -3.39. The molecule has 8 nitrogen and oxygen atoms in total. The van der Waals surface area contributed by atoms with Crippen LogP contribution < -0.4 is 10.0 Å². The molecular formula is C26H31F6N3O5S. The Morgan fingerprint density at radius 3 is 2.22 bits per heavy atom. The first kappa shape index (κ1) is 34.0. The smallest absolute Gasteiger partial charge is 0.475 e. The van der Waals surface area contributed by atoms with Gasteiger partial charge < -0.3 is 15.3 Å². The molecule has 1 aliphatic heterocycles. The summed E-state index contributed by atoms with van der Waals surface area (Å²) < 4.78 is 98.8. The minimum Gasteiger partial charge on any atom is -0.475 e. The lowest BCUT2D eigenvalue weighted by atomic mass is 10.1. The van der Waals surface area contributed by atoms with Crippen molar-refractivity contribution in [2.45, 2.75) is 62.3 Å². The Hall–Kier alpha value is -3.17. The van der Waals surface area contributed by atoms with Gasteiger partial charge in [0.2, 0.25) is 10.0 Å². The zero-order valence-corrected chi connectivity index (χ0v) is 22.9. The highest BCUT2D eigenvalue weighted by atomic mass is 32.2. The van der Waals surface area contributed by atoms with Crippen LogP contribution in [0.5, 0.6) is 0 Å². The number of hydrogen-bond donors (Lipinski definition) is 3. The molecule has 3 N–H and O–H groups in total. The topological polar surface area (TPSA) is 116 Å². The SMILES string of the molecule is CCCCCN1CCCC(NS(=O)(=O)c2ccc(C(=O)Nc3cccc(C(F)(F)F)c3)cc2)C1.O=C(O)C(F)(F)F. The van der Waals surface area contributed by atoms with E-state index in [0.717, 1.165) is 57.3 Å². The van der Waals surface area contributed by atoms with Gasteiger partial charge in [-0.3, -0.25) is 4.79 Å². The number of alkyl halides is 6. The van der Waals surface area contributed by atoms with Crippen molar-refractivity contribution >= 4 is 27.6 Å². The van der Waals surface area contributed by atoms with Crippen LogP contribution in [0.3, 0.4) is 0 Å². The van der Waals surface area contributed by atoms with Crippen LogP contribution in [0, 0.1) is 0 Å². The van der Waals surface area contributed by atoms with E-state index in [2.05, 4.69) is 21.9 Å². The van der Waals surface area contributed by atoms with E-state index in [4.69, 9.17) is 9.90 Å². The zero-order valence-electron chi connectivity index (χ0n) is 22.1. The van der Waals surface area contributed by atoms with Gasteiger partial charge in [0.1, 0.15) is 0 Å². The molecule has 0 saturated carbocycles. The number of unbranched alkanes of at least 4 members (excludes halogenated alkanes) is 2. The van der Waals surface area contributed by atoms with Gasteiger partial charge >= 0.3 is 18.3 Å². The number of carboxylic acid groups (broad SMARTS) is 1. The van der Waals surface area contributed by atoms with E-state index >= 15 is 0 Å². The fourth-order valence-corrected chi connectivity index (χ4v) is 5.25. The Morgan fingerprint density at radius 1 is 1.02 bits per heavy atom. The molecule has 2 aromatic carbocycles. The predicted molar refractivity (Wildman–Crippen MR) is 139 cm³/mol. The van der Waals surface area contributed by atoms with Crippen molar-refractivity contribution in [2.75, 3.05) is 25.0 Å². The van der Waals surface area contributed by atoms with Crippen LogP contribution in [-0.4, -0.2) is 62.2 Å². The molecule has 3 rings (SSSR count). The maximum Gasteiger partial charge on any atom is 0.490 e. The van der Waals surface area contributed by atoms with E-state index in [9.17, 15) is 39.6 Å². The molecule has 1 fully saturated rings. The third-order valence-electron chi connectivity index (χ3n) is 6.02. The fraction of sp³-hybridized carbons (Fsp3) is 0.462. The maximum atomic E-state index is 12.9. The van der Waals surface area contributed by atoms with E-state index in [1.165, 1.54) is 36.4 Å². The van der Waals surface area contributed by atoms with Gasteiger partial charge in [0, 0.05) is 23.8 Å². The number of nitrogens with one attached hydrogen (secondary N) is 2. The van der Waals surface area contributed by atoms with Gasteiger partial charge in [-0.2, -0.15) is 26.3 Å². The molecule has 0 bridgehead atoms. The predicted octanol–water partition coefficient (Wildman–Crippen LogP) is 5.52. The first-order valence-electron chi connectivity index (χ1n) is 12.7. The number of carboxylic acids is 1. The van der Waals surface area contributed by atoms with Crippen LogP contribution in [0.1, 0.15) is 54.9 Å². The first-order valence-corrected chi connectivity index (χ1v) is 14.1. The highest BCUT2D eigenvalue weighted by Gasteiger charge is 2.38. The second-order valence-corrected chi connectivity index (χ2v) is 11.0. The number of likely N-dealkylation sites (tertiary alicyclic amines) is 1.